The van der Waals surface area contributed by atoms with Crippen molar-refractivity contribution in [2.24, 2.45) is 0 Å². The zero-order valence-corrected chi connectivity index (χ0v) is 14.1. The predicted molar refractivity (Wildman–Crippen MR) is 85.4 cm³/mol. The molecule has 0 amide bonds. The van der Waals surface area contributed by atoms with E-state index in [1.54, 1.807) is 30.3 Å². The van der Waals surface area contributed by atoms with Crippen LogP contribution in [0.15, 0.2) is 53.6 Å². The van der Waals surface area contributed by atoms with Crippen LogP contribution in [0.5, 0.6) is 0 Å². The molecule has 25 heavy (non-hydrogen) atoms. The van der Waals surface area contributed by atoms with Crippen LogP contribution in [0.3, 0.4) is 0 Å². The van der Waals surface area contributed by atoms with E-state index in [9.17, 15) is 21.6 Å². The summed E-state index contributed by atoms with van der Waals surface area (Å²) >= 11 is 0. The minimum atomic E-state index is -4.51. The Bertz CT molecular complexity index is 796. The van der Waals surface area contributed by atoms with Gasteiger partial charge >= 0.3 is 6.18 Å². The molecule has 2 rings (SSSR count). The van der Waals surface area contributed by atoms with Crippen molar-refractivity contribution >= 4 is 10.0 Å². The number of nitrogens with zero attached hydrogens (tertiary/aromatic N) is 1. The van der Waals surface area contributed by atoms with Gasteiger partial charge in [-0.2, -0.15) is 13.2 Å². The first kappa shape index (κ1) is 19.4. The van der Waals surface area contributed by atoms with Crippen LogP contribution in [0, 0.1) is 6.92 Å². The van der Waals surface area contributed by atoms with E-state index in [1.807, 2.05) is 0 Å². The summed E-state index contributed by atoms with van der Waals surface area (Å²) in [6.45, 7) is -0.277. The summed E-state index contributed by atoms with van der Waals surface area (Å²) in [6.07, 6.45) is -4.13. The lowest BCUT2D eigenvalue weighted by Gasteiger charge is -2.20. The molecular formula is C16H17F3N2O3S. The highest BCUT2D eigenvalue weighted by Gasteiger charge is 2.30. The third-order valence-electron chi connectivity index (χ3n) is 3.33. The number of hydrogen-bond donors (Lipinski definition) is 1. The third-order valence-corrected chi connectivity index (χ3v) is 4.88. The Labute approximate surface area is 143 Å². The number of pyridine rings is 1. The van der Waals surface area contributed by atoms with Gasteiger partial charge in [0.1, 0.15) is 11.5 Å². The van der Waals surface area contributed by atoms with Crippen molar-refractivity contribution in [1.82, 2.24) is 9.71 Å². The quantitative estimate of drug-likeness (QED) is 0.809. The van der Waals surface area contributed by atoms with Crippen molar-refractivity contribution in [1.29, 1.82) is 0 Å². The molecule has 9 heteroatoms. The summed E-state index contributed by atoms with van der Waals surface area (Å²) < 4.78 is 69.3. The fourth-order valence-electron chi connectivity index (χ4n) is 2.15. The fourth-order valence-corrected chi connectivity index (χ4v) is 3.38. The van der Waals surface area contributed by atoms with Crippen molar-refractivity contribution < 1.29 is 26.3 Å². The zero-order valence-electron chi connectivity index (χ0n) is 13.3. The Hall–Kier alpha value is -1.97. The Morgan fingerprint density at radius 1 is 1.16 bits per heavy atom. The van der Waals surface area contributed by atoms with Gasteiger partial charge in [0.05, 0.1) is 11.8 Å². The maximum Gasteiger partial charge on any atom is 0.411 e. The average molecular weight is 374 g/mol. The molecule has 1 unspecified atom stereocenters. The topological polar surface area (TPSA) is 68.3 Å². The van der Waals surface area contributed by atoms with Crippen LogP contribution < -0.4 is 4.72 Å². The molecule has 136 valence electrons. The summed E-state index contributed by atoms with van der Waals surface area (Å²) in [5, 5.41) is 0. The number of ether oxygens (including phenoxy) is 1. The Balaban J connectivity index is 2.15. The van der Waals surface area contributed by atoms with Crippen LogP contribution in [0.4, 0.5) is 13.2 Å². The van der Waals surface area contributed by atoms with Crippen molar-refractivity contribution in [2.45, 2.75) is 24.1 Å². The van der Waals surface area contributed by atoms with Gasteiger partial charge in [0.2, 0.25) is 10.0 Å². The molecule has 0 aliphatic heterocycles. The molecule has 5 nitrogen and oxygen atoms in total. The molecule has 0 aliphatic carbocycles. The van der Waals surface area contributed by atoms with E-state index >= 15 is 0 Å². The van der Waals surface area contributed by atoms with Crippen molar-refractivity contribution in [3.05, 3.63) is 59.9 Å². The van der Waals surface area contributed by atoms with E-state index in [1.165, 1.54) is 25.3 Å². The number of benzene rings is 1. The number of nitrogens with one attached hydrogen (secondary N) is 1. The Morgan fingerprint density at radius 3 is 2.44 bits per heavy atom. The van der Waals surface area contributed by atoms with E-state index in [0.29, 0.717) is 11.3 Å². The second-order valence-electron chi connectivity index (χ2n) is 5.26. The van der Waals surface area contributed by atoms with E-state index in [-0.39, 0.29) is 11.4 Å². The lowest BCUT2D eigenvalue weighted by molar-refractivity contribution is -0.185. The molecule has 0 saturated heterocycles. The van der Waals surface area contributed by atoms with Gasteiger partial charge in [-0.05, 0) is 24.6 Å². The maximum atomic E-state index is 12.5. The van der Waals surface area contributed by atoms with Gasteiger partial charge in [0.25, 0.3) is 0 Å². The van der Waals surface area contributed by atoms with E-state index in [4.69, 9.17) is 4.74 Å². The summed E-state index contributed by atoms with van der Waals surface area (Å²) in [7, 11) is -3.92. The van der Waals surface area contributed by atoms with E-state index in [2.05, 4.69) is 9.71 Å². The summed E-state index contributed by atoms with van der Waals surface area (Å²) in [4.78, 5) is 3.87. The van der Waals surface area contributed by atoms with Gasteiger partial charge in [0, 0.05) is 12.7 Å². The number of aromatic nitrogens is 1. The first-order valence-corrected chi connectivity index (χ1v) is 8.82. The summed E-state index contributed by atoms with van der Waals surface area (Å²) in [5.74, 6) is 0. The molecule has 1 aromatic carbocycles. The van der Waals surface area contributed by atoms with Gasteiger partial charge in [-0.15, -0.1) is 0 Å². The second-order valence-corrected chi connectivity index (χ2v) is 7.00. The first-order chi connectivity index (χ1) is 11.7. The summed E-state index contributed by atoms with van der Waals surface area (Å²) in [6, 6.07) is 11.0. The number of hydrogen-bond acceptors (Lipinski definition) is 4. The van der Waals surface area contributed by atoms with Crippen LogP contribution in [-0.4, -0.2) is 32.7 Å². The van der Waals surface area contributed by atoms with Gasteiger partial charge in [-0.3, -0.25) is 4.98 Å². The van der Waals surface area contributed by atoms with Crippen LogP contribution in [0.1, 0.15) is 17.4 Å². The van der Waals surface area contributed by atoms with E-state index in [0.717, 1.165) is 0 Å². The molecule has 1 heterocycles. The van der Waals surface area contributed by atoms with Crippen LogP contribution in [-0.2, 0) is 14.8 Å². The highest BCUT2D eigenvalue weighted by atomic mass is 32.2. The molecule has 1 aromatic heterocycles. The van der Waals surface area contributed by atoms with Crippen LogP contribution in [0.25, 0.3) is 0 Å². The molecule has 0 aliphatic rings. The zero-order chi connectivity index (χ0) is 18.5. The molecule has 0 spiro atoms. The molecule has 2 aromatic rings. The minimum Gasteiger partial charge on any atom is -0.363 e. The molecule has 0 bridgehead atoms. The Kier molecular flexibility index (Phi) is 6.15. The SMILES string of the molecule is Cc1ncccc1S(=O)(=O)NCC(OCC(F)(F)F)c1ccccc1. The highest BCUT2D eigenvalue weighted by Crippen LogP contribution is 2.23. The van der Waals surface area contributed by atoms with Gasteiger partial charge in [-0.25, -0.2) is 13.1 Å². The molecule has 0 fully saturated rings. The van der Waals surface area contributed by atoms with Crippen LogP contribution >= 0.6 is 0 Å². The fraction of sp³-hybridized carbons (Fsp3) is 0.312. The predicted octanol–water partition coefficient (Wildman–Crippen LogP) is 2.99. The molecular weight excluding hydrogens is 357 g/mol. The standard InChI is InChI=1S/C16H17F3N2O3S/c1-12-15(8-5-9-20-12)25(22,23)21-10-14(24-11-16(17,18)19)13-6-3-2-4-7-13/h2-9,14,21H,10-11H2,1H3. The van der Waals surface area contributed by atoms with E-state index < -0.39 is 28.9 Å². The second kappa shape index (κ2) is 7.94. The normalized spacial score (nSPS) is 13.6. The molecule has 0 saturated carbocycles. The van der Waals surface area contributed by atoms with Crippen molar-refractivity contribution in [3.8, 4) is 0 Å². The smallest absolute Gasteiger partial charge is 0.363 e. The number of sulfonamides is 1. The monoisotopic (exact) mass is 374 g/mol. The van der Waals surface area contributed by atoms with Crippen LogP contribution in [0.2, 0.25) is 0 Å². The highest BCUT2D eigenvalue weighted by molar-refractivity contribution is 7.89. The van der Waals surface area contributed by atoms with Gasteiger partial charge < -0.3 is 4.74 Å². The maximum absolute atomic E-state index is 12.5. The molecule has 1 atom stereocenters. The van der Waals surface area contributed by atoms with Crippen molar-refractivity contribution in [2.75, 3.05) is 13.2 Å². The summed E-state index contributed by atoms with van der Waals surface area (Å²) in [5.41, 5.74) is 0.736. The average Bonchev–Trinajstić information content (AvgIpc) is 2.55. The number of halogens is 3. The molecule has 1 N–H and O–H groups in total. The van der Waals surface area contributed by atoms with Gasteiger partial charge in [-0.1, -0.05) is 30.3 Å². The van der Waals surface area contributed by atoms with Crippen molar-refractivity contribution in [3.63, 3.8) is 0 Å². The number of aryl methyl sites for hydroxylation is 1. The molecule has 0 radical (unpaired) electrons. The van der Waals surface area contributed by atoms with Gasteiger partial charge in [0.15, 0.2) is 0 Å². The lowest BCUT2D eigenvalue weighted by Crippen LogP contribution is -2.31. The number of alkyl halides is 3. The third kappa shape index (κ3) is 5.80. The largest absolute Gasteiger partial charge is 0.411 e. The minimum absolute atomic E-state index is 0.0300. The first-order valence-electron chi connectivity index (χ1n) is 7.33. The lowest BCUT2D eigenvalue weighted by atomic mass is 10.1. The Morgan fingerprint density at radius 2 is 1.84 bits per heavy atom. The number of rotatable bonds is 7.